The zero-order valence-electron chi connectivity index (χ0n) is 16.3. The number of aliphatic imine (C=N–C) groups is 1. The fraction of sp³-hybridized carbons (Fsp3) is 0.200. The number of carbonyl (C=O) groups excluding carboxylic acids is 1. The van der Waals surface area contributed by atoms with Gasteiger partial charge in [-0.1, -0.05) is 12.1 Å². The predicted octanol–water partition coefficient (Wildman–Crippen LogP) is 3.69. The van der Waals surface area contributed by atoms with Gasteiger partial charge in [0.15, 0.2) is 5.70 Å². The third kappa shape index (κ3) is 4.32. The molecule has 1 aliphatic heterocycles. The summed E-state index contributed by atoms with van der Waals surface area (Å²) >= 11 is 0. The van der Waals surface area contributed by atoms with Gasteiger partial charge < -0.3 is 9.64 Å². The van der Waals surface area contributed by atoms with Crippen LogP contribution < -0.4 is 4.90 Å². The Kier molecular flexibility index (Phi) is 5.86. The van der Waals surface area contributed by atoms with Crippen LogP contribution in [0.3, 0.4) is 0 Å². The lowest BCUT2D eigenvalue weighted by Gasteiger charge is -2.20. The summed E-state index contributed by atoms with van der Waals surface area (Å²) in [5.74, 6) is -0.968. The van der Waals surface area contributed by atoms with Crippen LogP contribution in [0, 0.1) is 20.2 Å². The van der Waals surface area contributed by atoms with E-state index in [0.29, 0.717) is 5.56 Å². The van der Waals surface area contributed by atoms with Gasteiger partial charge in [0.05, 0.1) is 21.5 Å². The van der Waals surface area contributed by atoms with E-state index in [1.165, 1.54) is 6.08 Å². The molecule has 2 aromatic carbocycles. The molecule has 0 bridgehead atoms. The molecule has 0 spiro atoms. The van der Waals surface area contributed by atoms with Crippen LogP contribution in [-0.4, -0.2) is 34.8 Å². The number of hydrogen-bond acceptors (Lipinski definition) is 8. The molecule has 0 aromatic heterocycles. The number of esters is 1. The molecular weight excluding hydrogens is 392 g/mol. The van der Waals surface area contributed by atoms with Crippen molar-refractivity contribution < 1.29 is 19.4 Å². The highest BCUT2D eigenvalue weighted by Crippen LogP contribution is 2.27. The maximum atomic E-state index is 12.2. The summed E-state index contributed by atoms with van der Waals surface area (Å²) in [5, 5.41) is 22.1. The number of rotatable bonds is 7. The smallest absolute Gasteiger partial charge is 0.363 e. The van der Waals surface area contributed by atoms with Crippen LogP contribution in [0.5, 0.6) is 0 Å². The Hall–Kier alpha value is -4.08. The van der Waals surface area contributed by atoms with Crippen molar-refractivity contribution in [1.82, 2.24) is 0 Å². The molecule has 1 heterocycles. The van der Waals surface area contributed by atoms with E-state index in [9.17, 15) is 25.0 Å². The maximum Gasteiger partial charge on any atom is 0.363 e. The van der Waals surface area contributed by atoms with Gasteiger partial charge in [0.2, 0.25) is 5.90 Å². The van der Waals surface area contributed by atoms with Gasteiger partial charge in [-0.3, -0.25) is 20.2 Å². The first-order valence-electron chi connectivity index (χ1n) is 9.14. The van der Waals surface area contributed by atoms with Gasteiger partial charge >= 0.3 is 5.97 Å². The van der Waals surface area contributed by atoms with E-state index in [0.717, 1.165) is 37.0 Å². The van der Waals surface area contributed by atoms with Crippen molar-refractivity contribution in [3.63, 3.8) is 0 Å². The number of anilines is 1. The van der Waals surface area contributed by atoms with E-state index in [1.807, 2.05) is 24.3 Å². The molecule has 0 atom stereocenters. The Morgan fingerprint density at radius 3 is 2.07 bits per heavy atom. The molecule has 154 valence electrons. The third-order valence-corrected chi connectivity index (χ3v) is 4.52. The Morgan fingerprint density at radius 1 is 1.00 bits per heavy atom. The zero-order chi connectivity index (χ0) is 21.8. The van der Waals surface area contributed by atoms with Gasteiger partial charge in [-0.25, -0.2) is 9.79 Å². The zero-order valence-corrected chi connectivity index (χ0v) is 16.3. The van der Waals surface area contributed by atoms with Crippen LogP contribution in [-0.2, 0) is 9.53 Å². The number of cyclic esters (lactones) is 1. The number of ether oxygens (including phenoxy) is 1. The molecule has 0 saturated heterocycles. The molecule has 0 fully saturated rings. The lowest BCUT2D eigenvalue weighted by Crippen LogP contribution is -2.21. The number of nitro groups is 2. The predicted molar refractivity (Wildman–Crippen MR) is 110 cm³/mol. The van der Waals surface area contributed by atoms with Gasteiger partial charge in [0, 0.05) is 30.9 Å². The molecule has 0 aliphatic carbocycles. The number of nitrogens with zero attached hydrogens (tertiary/aromatic N) is 4. The summed E-state index contributed by atoms with van der Waals surface area (Å²) < 4.78 is 5.09. The van der Waals surface area contributed by atoms with Crippen molar-refractivity contribution in [2.45, 2.75) is 13.8 Å². The highest BCUT2D eigenvalue weighted by Gasteiger charge is 2.27. The second-order valence-electron chi connectivity index (χ2n) is 6.35. The highest BCUT2D eigenvalue weighted by atomic mass is 16.6. The Bertz CT molecular complexity index is 1040. The summed E-state index contributed by atoms with van der Waals surface area (Å²) in [4.78, 5) is 39.0. The monoisotopic (exact) mass is 410 g/mol. The SMILES string of the molecule is CCN(CC)c1ccc(C=C2N=C(c3cc([N+](=O)[O-])cc([N+](=O)[O-])c3)OC2=O)cc1. The molecule has 10 heteroatoms. The second-order valence-corrected chi connectivity index (χ2v) is 6.35. The minimum Gasteiger partial charge on any atom is -0.402 e. The van der Waals surface area contributed by atoms with Crippen LogP contribution >= 0.6 is 0 Å². The largest absolute Gasteiger partial charge is 0.402 e. The summed E-state index contributed by atoms with van der Waals surface area (Å²) in [6.07, 6.45) is 1.52. The lowest BCUT2D eigenvalue weighted by atomic mass is 10.1. The maximum absolute atomic E-state index is 12.2. The highest BCUT2D eigenvalue weighted by molar-refractivity contribution is 6.13. The van der Waals surface area contributed by atoms with Gasteiger partial charge in [-0.2, -0.15) is 0 Å². The fourth-order valence-electron chi connectivity index (χ4n) is 2.99. The standard InChI is InChI=1S/C20H18N4O6/c1-3-22(4-2)15-7-5-13(6-8-15)9-18-20(25)30-19(21-18)14-10-16(23(26)27)12-17(11-14)24(28)29/h5-12H,3-4H2,1-2H3. The van der Waals surface area contributed by atoms with E-state index in [1.54, 1.807) is 0 Å². The number of nitro benzene ring substituents is 2. The van der Waals surface area contributed by atoms with E-state index in [2.05, 4.69) is 23.7 Å². The molecule has 0 saturated carbocycles. The topological polar surface area (TPSA) is 128 Å². The van der Waals surface area contributed by atoms with Crippen LogP contribution in [0.15, 0.2) is 53.2 Å². The van der Waals surface area contributed by atoms with Crippen molar-refractivity contribution in [2.75, 3.05) is 18.0 Å². The molecule has 10 nitrogen and oxygen atoms in total. The first kappa shape index (κ1) is 20.6. The van der Waals surface area contributed by atoms with Crippen LogP contribution in [0.2, 0.25) is 0 Å². The molecular formula is C20H18N4O6. The molecule has 3 rings (SSSR count). The second kappa shape index (κ2) is 8.52. The fourth-order valence-corrected chi connectivity index (χ4v) is 2.99. The average molecular weight is 410 g/mol. The van der Waals surface area contributed by atoms with Crippen LogP contribution in [0.25, 0.3) is 6.08 Å². The molecule has 0 amide bonds. The number of non-ortho nitro benzene ring substituents is 2. The summed E-state index contributed by atoms with van der Waals surface area (Å²) in [5.41, 5.74) is 0.737. The normalized spacial score (nSPS) is 14.4. The third-order valence-electron chi connectivity index (χ3n) is 4.52. The van der Waals surface area contributed by atoms with Crippen molar-refractivity contribution in [3.8, 4) is 0 Å². The van der Waals surface area contributed by atoms with Crippen LogP contribution in [0.4, 0.5) is 17.1 Å². The van der Waals surface area contributed by atoms with Crippen molar-refractivity contribution in [3.05, 3.63) is 79.5 Å². The Labute approximate surface area is 171 Å². The summed E-state index contributed by atoms with van der Waals surface area (Å²) in [6, 6.07) is 10.5. The van der Waals surface area contributed by atoms with Gasteiger partial charge in [-0.05, 0) is 37.6 Å². The molecule has 2 aromatic rings. The molecule has 30 heavy (non-hydrogen) atoms. The van der Waals surface area contributed by atoms with E-state index in [4.69, 9.17) is 4.74 Å². The number of hydrogen-bond donors (Lipinski definition) is 0. The van der Waals surface area contributed by atoms with Crippen LogP contribution in [0.1, 0.15) is 25.0 Å². The first-order chi connectivity index (χ1) is 14.3. The minimum atomic E-state index is -0.762. The summed E-state index contributed by atoms with van der Waals surface area (Å²) in [7, 11) is 0. The Balaban J connectivity index is 1.93. The molecule has 0 N–H and O–H groups in total. The Morgan fingerprint density at radius 2 is 1.57 bits per heavy atom. The first-order valence-corrected chi connectivity index (χ1v) is 9.14. The van der Waals surface area contributed by atoms with Gasteiger partial charge in [-0.15, -0.1) is 0 Å². The quantitative estimate of drug-likeness (QED) is 0.295. The van der Waals surface area contributed by atoms with Crippen molar-refractivity contribution in [2.24, 2.45) is 4.99 Å². The van der Waals surface area contributed by atoms with Crippen molar-refractivity contribution >= 4 is 35.0 Å². The van der Waals surface area contributed by atoms with E-state index in [-0.39, 0.29) is 17.2 Å². The van der Waals surface area contributed by atoms with E-state index >= 15 is 0 Å². The number of benzene rings is 2. The molecule has 0 unspecified atom stereocenters. The average Bonchev–Trinajstić information content (AvgIpc) is 3.10. The summed E-state index contributed by atoms with van der Waals surface area (Å²) in [6.45, 7) is 5.85. The van der Waals surface area contributed by atoms with Gasteiger partial charge in [0.1, 0.15) is 0 Å². The molecule has 0 radical (unpaired) electrons. The minimum absolute atomic E-state index is 0.00486. The van der Waals surface area contributed by atoms with Crippen molar-refractivity contribution in [1.29, 1.82) is 0 Å². The van der Waals surface area contributed by atoms with Gasteiger partial charge in [0.25, 0.3) is 11.4 Å². The number of carbonyl (C=O) groups is 1. The van der Waals surface area contributed by atoms with E-state index < -0.39 is 27.2 Å². The molecule has 1 aliphatic rings. The lowest BCUT2D eigenvalue weighted by molar-refractivity contribution is -0.394.